The average Bonchev–Trinajstić information content (AvgIpc) is 3.25. The van der Waals surface area contributed by atoms with Gasteiger partial charge >= 0.3 is 5.97 Å². The molecule has 5 nitrogen and oxygen atoms in total. The van der Waals surface area contributed by atoms with Crippen LogP contribution in [0.2, 0.25) is 0 Å². The molecular formula is C20H21NO4. The van der Waals surface area contributed by atoms with Gasteiger partial charge in [-0.25, -0.2) is 0 Å². The maximum absolute atomic E-state index is 11.8. The Balaban J connectivity index is 1.82. The molecular weight excluding hydrogens is 318 g/mol. The largest absolute Gasteiger partial charge is 0.480 e. The SMILES string of the molecule is Cc1ccccc1C(c1ccc2c(c1)OCO2)N1CCCC1C(=O)O. The normalized spacial score (nSPS) is 20.6. The molecule has 1 N–H and O–H groups in total. The molecule has 0 aromatic heterocycles. The van der Waals surface area contributed by atoms with Gasteiger partial charge in [-0.3, -0.25) is 9.69 Å². The summed E-state index contributed by atoms with van der Waals surface area (Å²) in [7, 11) is 0. The Labute approximate surface area is 146 Å². The molecule has 2 aromatic carbocycles. The molecule has 0 saturated carbocycles. The fourth-order valence-corrected chi connectivity index (χ4v) is 3.89. The van der Waals surface area contributed by atoms with Crippen LogP contribution < -0.4 is 9.47 Å². The Morgan fingerprint density at radius 1 is 1.20 bits per heavy atom. The zero-order valence-corrected chi connectivity index (χ0v) is 14.1. The summed E-state index contributed by atoms with van der Waals surface area (Å²) in [4.78, 5) is 13.9. The topological polar surface area (TPSA) is 59.0 Å². The summed E-state index contributed by atoms with van der Waals surface area (Å²) in [6, 6.07) is 13.5. The lowest BCUT2D eigenvalue weighted by molar-refractivity contribution is -0.142. The number of rotatable bonds is 4. The summed E-state index contributed by atoms with van der Waals surface area (Å²) in [5.41, 5.74) is 3.32. The first-order valence-electron chi connectivity index (χ1n) is 8.59. The van der Waals surface area contributed by atoms with Gasteiger partial charge in [0.05, 0.1) is 6.04 Å². The van der Waals surface area contributed by atoms with E-state index in [1.807, 2.05) is 30.3 Å². The second kappa shape index (κ2) is 6.41. The standard InChI is InChI=1S/C20H21NO4/c1-13-5-2-3-6-15(13)19(21-10-4-7-16(21)20(22)23)14-8-9-17-18(11-14)25-12-24-17/h2-3,5-6,8-9,11,16,19H,4,7,10,12H2,1H3,(H,22,23). The second-order valence-electron chi connectivity index (χ2n) is 6.61. The van der Waals surface area contributed by atoms with E-state index < -0.39 is 12.0 Å². The minimum atomic E-state index is -0.753. The first-order chi connectivity index (χ1) is 12.1. The lowest BCUT2D eigenvalue weighted by Crippen LogP contribution is -2.39. The van der Waals surface area contributed by atoms with Crippen molar-refractivity contribution in [2.45, 2.75) is 31.8 Å². The Hall–Kier alpha value is -2.53. The number of carboxylic acid groups (broad SMARTS) is 1. The van der Waals surface area contributed by atoms with E-state index in [4.69, 9.17) is 9.47 Å². The highest BCUT2D eigenvalue weighted by Gasteiger charge is 2.37. The quantitative estimate of drug-likeness (QED) is 0.925. The van der Waals surface area contributed by atoms with Crippen molar-refractivity contribution in [3.05, 3.63) is 59.2 Å². The number of carbonyl (C=O) groups is 1. The molecule has 2 heterocycles. The summed E-state index contributed by atoms with van der Waals surface area (Å²) in [5.74, 6) is 0.711. The van der Waals surface area contributed by atoms with E-state index in [9.17, 15) is 9.90 Å². The molecule has 0 bridgehead atoms. The fourth-order valence-electron chi connectivity index (χ4n) is 3.89. The van der Waals surface area contributed by atoms with Crippen LogP contribution in [0.25, 0.3) is 0 Å². The highest BCUT2D eigenvalue weighted by Crippen LogP contribution is 2.40. The lowest BCUT2D eigenvalue weighted by atomic mass is 9.92. The van der Waals surface area contributed by atoms with Gasteiger partial charge in [0.15, 0.2) is 11.5 Å². The van der Waals surface area contributed by atoms with Crippen LogP contribution in [-0.4, -0.2) is 35.4 Å². The predicted octanol–water partition coefficient (Wildman–Crippen LogP) is 3.36. The van der Waals surface area contributed by atoms with Crippen molar-refractivity contribution in [3.63, 3.8) is 0 Å². The number of hydrogen-bond acceptors (Lipinski definition) is 4. The summed E-state index contributed by atoms with van der Waals surface area (Å²) in [6.45, 7) is 3.07. The van der Waals surface area contributed by atoms with E-state index in [1.54, 1.807) is 0 Å². The van der Waals surface area contributed by atoms with Gasteiger partial charge in [0.2, 0.25) is 6.79 Å². The molecule has 2 unspecified atom stereocenters. The predicted molar refractivity (Wildman–Crippen MR) is 93.0 cm³/mol. The highest BCUT2D eigenvalue weighted by molar-refractivity contribution is 5.74. The third-order valence-corrected chi connectivity index (χ3v) is 5.11. The first kappa shape index (κ1) is 16.0. The molecule has 1 fully saturated rings. The van der Waals surface area contributed by atoms with Crippen molar-refractivity contribution in [2.75, 3.05) is 13.3 Å². The van der Waals surface area contributed by atoms with Gasteiger partial charge < -0.3 is 14.6 Å². The molecule has 2 aromatic rings. The van der Waals surface area contributed by atoms with E-state index in [2.05, 4.69) is 24.0 Å². The van der Waals surface area contributed by atoms with Gasteiger partial charge in [0.1, 0.15) is 6.04 Å². The third kappa shape index (κ3) is 2.85. The number of hydrogen-bond donors (Lipinski definition) is 1. The van der Waals surface area contributed by atoms with Crippen molar-refractivity contribution in [2.24, 2.45) is 0 Å². The molecule has 4 rings (SSSR count). The van der Waals surface area contributed by atoms with E-state index in [1.165, 1.54) is 0 Å². The van der Waals surface area contributed by atoms with Crippen molar-refractivity contribution >= 4 is 5.97 Å². The van der Waals surface area contributed by atoms with E-state index in [-0.39, 0.29) is 12.8 Å². The van der Waals surface area contributed by atoms with Gasteiger partial charge in [0.25, 0.3) is 0 Å². The van der Waals surface area contributed by atoms with Gasteiger partial charge in [-0.2, -0.15) is 0 Å². The van der Waals surface area contributed by atoms with Crippen LogP contribution in [0.3, 0.4) is 0 Å². The fraction of sp³-hybridized carbons (Fsp3) is 0.350. The Morgan fingerprint density at radius 2 is 2.00 bits per heavy atom. The van der Waals surface area contributed by atoms with Gasteiger partial charge in [-0.05, 0) is 48.6 Å². The molecule has 130 valence electrons. The minimum Gasteiger partial charge on any atom is -0.480 e. The highest BCUT2D eigenvalue weighted by atomic mass is 16.7. The van der Waals surface area contributed by atoms with Crippen molar-refractivity contribution < 1.29 is 19.4 Å². The second-order valence-corrected chi connectivity index (χ2v) is 6.61. The van der Waals surface area contributed by atoms with E-state index in [0.717, 1.165) is 41.2 Å². The zero-order chi connectivity index (χ0) is 17.4. The summed E-state index contributed by atoms with van der Waals surface area (Å²) < 4.78 is 11.0. The van der Waals surface area contributed by atoms with Crippen molar-refractivity contribution in [3.8, 4) is 11.5 Å². The molecule has 5 heteroatoms. The first-order valence-corrected chi connectivity index (χ1v) is 8.59. The number of fused-ring (bicyclic) bond motifs is 1. The van der Waals surface area contributed by atoms with Gasteiger partial charge in [-0.15, -0.1) is 0 Å². The monoisotopic (exact) mass is 339 g/mol. The zero-order valence-electron chi connectivity index (χ0n) is 14.1. The molecule has 0 aliphatic carbocycles. The Bertz CT molecular complexity index is 804. The third-order valence-electron chi connectivity index (χ3n) is 5.11. The van der Waals surface area contributed by atoms with Gasteiger partial charge in [-0.1, -0.05) is 30.3 Å². The van der Waals surface area contributed by atoms with Crippen LogP contribution >= 0.6 is 0 Å². The average molecular weight is 339 g/mol. The molecule has 25 heavy (non-hydrogen) atoms. The van der Waals surface area contributed by atoms with Crippen LogP contribution in [0, 0.1) is 6.92 Å². The van der Waals surface area contributed by atoms with Crippen LogP contribution in [0.5, 0.6) is 11.5 Å². The summed E-state index contributed by atoms with van der Waals surface area (Å²) >= 11 is 0. The van der Waals surface area contributed by atoms with Crippen LogP contribution in [0.15, 0.2) is 42.5 Å². The lowest BCUT2D eigenvalue weighted by Gasteiger charge is -2.33. The number of ether oxygens (including phenoxy) is 2. The molecule has 0 amide bonds. The summed E-state index contributed by atoms with van der Waals surface area (Å²) in [6.07, 6.45) is 1.58. The van der Waals surface area contributed by atoms with E-state index >= 15 is 0 Å². The van der Waals surface area contributed by atoms with Crippen LogP contribution in [-0.2, 0) is 4.79 Å². The number of benzene rings is 2. The number of aliphatic carboxylic acids is 1. The number of nitrogens with zero attached hydrogens (tertiary/aromatic N) is 1. The summed E-state index contributed by atoms with van der Waals surface area (Å²) in [5, 5.41) is 9.66. The van der Waals surface area contributed by atoms with E-state index in [0.29, 0.717) is 6.42 Å². The maximum atomic E-state index is 11.8. The number of aryl methyl sites for hydroxylation is 1. The molecule has 0 radical (unpaired) electrons. The maximum Gasteiger partial charge on any atom is 0.320 e. The molecule has 2 aliphatic heterocycles. The molecule has 1 saturated heterocycles. The molecule has 2 atom stereocenters. The minimum absolute atomic E-state index is 0.112. The Morgan fingerprint density at radius 3 is 2.80 bits per heavy atom. The molecule has 2 aliphatic rings. The smallest absolute Gasteiger partial charge is 0.320 e. The molecule has 0 spiro atoms. The van der Waals surface area contributed by atoms with Crippen molar-refractivity contribution in [1.82, 2.24) is 4.90 Å². The van der Waals surface area contributed by atoms with Crippen LogP contribution in [0.4, 0.5) is 0 Å². The number of likely N-dealkylation sites (tertiary alicyclic amines) is 1. The Kier molecular flexibility index (Phi) is 4.09. The van der Waals surface area contributed by atoms with Crippen LogP contribution in [0.1, 0.15) is 35.6 Å². The van der Waals surface area contributed by atoms with Gasteiger partial charge in [0, 0.05) is 6.54 Å². The number of carboxylic acids is 1. The van der Waals surface area contributed by atoms with Crippen molar-refractivity contribution in [1.29, 1.82) is 0 Å².